The molecule has 0 saturated carbocycles. The van der Waals surface area contributed by atoms with E-state index in [9.17, 15) is 4.79 Å². The molecule has 0 aromatic heterocycles. The Morgan fingerprint density at radius 3 is 3.00 bits per heavy atom. The summed E-state index contributed by atoms with van der Waals surface area (Å²) in [7, 11) is 1.47. The molecule has 0 spiro atoms. The van der Waals surface area contributed by atoms with Crippen molar-refractivity contribution in [1.82, 2.24) is 0 Å². The minimum atomic E-state index is -0.612. The molecule has 1 amide bonds. The number of nitrogens with one attached hydrogen (secondary N) is 1. The van der Waals surface area contributed by atoms with Crippen LogP contribution in [0.5, 0.6) is 0 Å². The van der Waals surface area contributed by atoms with Crippen LogP contribution in [0.15, 0.2) is 18.2 Å². The van der Waals surface area contributed by atoms with Gasteiger partial charge in [-0.1, -0.05) is 6.07 Å². The van der Waals surface area contributed by atoms with Gasteiger partial charge in [-0.2, -0.15) is 0 Å². The Kier molecular flexibility index (Phi) is 3.73. The predicted molar refractivity (Wildman–Crippen MR) is 63.4 cm³/mol. The van der Waals surface area contributed by atoms with E-state index >= 15 is 0 Å². The first kappa shape index (κ1) is 12.0. The lowest BCUT2D eigenvalue weighted by Crippen LogP contribution is -2.35. The molecule has 5 heteroatoms. The number of hydrogen-bond donors (Lipinski definition) is 2. The van der Waals surface area contributed by atoms with Crippen molar-refractivity contribution >= 4 is 11.6 Å². The van der Waals surface area contributed by atoms with Crippen LogP contribution in [0.4, 0.5) is 5.69 Å². The van der Waals surface area contributed by atoms with Gasteiger partial charge in [-0.3, -0.25) is 4.79 Å². The van der Waals surface area contributed by atoms with Crippen LogP contribution in [-0.2, 0) is 27.5 Å². The fraction of sp³-hybridized carbons (Fsp3) is 0.417. The molecular formula is C12H16N2O3. The third kappa shape index (κ3) is 2.63. The highest BCUT2D eigenvalue weighted by molar-refractivity contribution is 5.94. The van der Waals surface area contributed by atoms with Gasteiger partial charge in [-0.15, -0.1) is 0 Å². The maximum atomic E-state index is 11.7. The molecule has 17 heavy (non-hydrogen) atoms. The van der Waals surface area contributed by atoms with Gasteiger partial charge in [0.2, 0.25) is 0 Å². The summed E-state index contributed by atoms with van der Waals surface area (Å²) in [6.45, 7) is 1.41. The molecule has 1 aromatic carbocycles. The van der Waals surface area contributed by atoms with Gasteiger partial charge in [0, 0.05) is 19.3 Å². The molecule has 1 aromatic rings. The number of fused-ring (bicyclic) bond motifs is 1. The molecule has 1 unspecified atom stereocenters. The lowest BCUT2D eigenvalue weighted by Gasteiger charge is -2.13. The first-order chi connectivity index (χ1) is 8.24. The van der Waals surface area contributed by atoms with E-state index in [-0.39, 0.29) is 12.5 Å². The topological polar surface area (TPSA) is 73.6 Å². The van der Waals surface area contributed by atoms with Crippen molar-refractivity contribution in [2.24, 2.45) is 5.73 Å². The number of anilines is 1. The van der Waals surface area contributed by atoms with E-state index < -0.39 is 6.10 Å². The van der Waals surface area contributed by atoms with Gasteiger partial charge in [-0.05, 0) is 23.3 Å². The third-order valence-electron chi connectivity index (χ3n) is 2.78. The monoisotopic (exact) mass is 236 g/mol. The van der Waals surface area contributed by atoms with Crippen LogP contribution in [0.1, 0.15) is 11.1 Å². The summed E-state index contributed by atoms with van der Waals surface area (Å²) in [5.74, 6) is -0.228. The van der Waals surface area contributed by atoms with Crippen LogP contribution < -0.4 is 11.1 Å². The van der Waals surface area contributed by atoms with Crippen molar-refractivity contribution in [1.29, 1.82) is 0 Å². The van der Waals surface area contributed by atoms with Gasteiger partial charge in [0.1, 0.15) is 6.10 Å². The number of carbonyl (C=O) groups excluding carboxylic acids is 1. The number of methoxy groups -OCH3 is 1. The summed E-state index contributed by atoms with van der Waals surface area (Å²) in [5.41, 5.74) is 8.45. The van der Waals surface area contributed by atoms with E-state index in [2.05, 4.69) is 5.32 Å². The molecule has 3 N–H and O–H groups in total. The molecule has 92 valence electrons. The van der Waals surface area contributed by atoms with Crippen molar-refractivity contribution < 1.29 is 14.3 Å². The van der Waals surface area contributed by atoms with Crippen molar-refractivity contribution in [2.45, 2.75) is 19.3 Å². The van der Waals surface area contributed by atoms with Crippen molar-refractivity contribution in [3.8, 4) is 0 Å². The van der Waals surface area contributed by atoms with E-state index in [4.69, 9.17) is 15.2 Å². The zero-order chi connectivity index (χ0) is 12.3. The molecule has 0 saturated heterocycles. The smallest absolute Gasteiger partial charge is 0.254 e. The number of amides is 1. The first-order valence-corrected chi connectivity index (χ1v) is 5.48. The van der Waals surface area contributed by atoms with E-state index in [1.54, 1.807) is 0 Å². The highest BCUT2D eigenvalue weighted by atomic mass is 16.5. The zero-order valence-electron chi connectivity index (χ0n) is 9.73. The van der Waals surface area contributed by atoms with Gasteiger partial charge < -0.3 is 20.5 Å². The summed E-state index contributed by atoms with van der Waals surface area (Å²) >= 11 is 0. The van der Waals surface area contributed by atoms with Crippen LogP contribution in [-0.4, -0.2) is 25.7 Å². The average molecular weight is 236 g/mol. The molecule has 0 radical (unpaired) electrons. The number of rotatable bonds is 4. The van der Waals surface area contributed by atoms with Crippen molar-refractivity contribution in [3.63, 3.8) is 0 Å². The lowest BCUT2D eigenvalue weighted by molar-refractivity contribution is -0.125. The number of hydrogen-bond acceptors (Lipinski definition) is 4. The molecule has 0 bridgehead atoms. The highest BCUT2D eigenvalue weighted by Crippen LogP contribution is 2.23. The summed E-state index contributed by atoms with van der Waals surface area (Å²) in [6.07, 6.45) is -0.612. The molecule has 1 aliphatic rings. The molecule has 1 aliphatic heterocycles. The van der Waals surface area contributed by atoms with E-state index in [0.717, 1.165) is 11.3 Å². The zero-order valence-corrected chi connectivity index (χ0v) is 9.73. The van der Waals surface area contributed by atoms with E-state index in [0.29, 0.717) is 13.2 Å². The number of nitrogens with two attached hydrogens (primary N) is 1. The lowest BCUT2D eigenvalue weighted by atomic mass is 10.1. The number of ether oxygens (including phenoxy) is 2. The second-order valence-electron chi connectivity index (χ2n) is 3.93. The predicted octanol–water partition coefficient (Wildman–Crippen LogP) is 0.629. The quantitative estimate of drug-likeness (QED) is 0.804. The van der Waals surface area contributed by atoms with Crippen molar-refractivity contribution in [3.05, 3.63) is 29.3 Å². The Balaban J connectivity index is 2.06. The third-order valence-corrected chi connectivity index (χ3v) is 2.78. The summed E-state index contributed by atoms with van der Waals surface area (Å²) < 4.78 is 10.3. The van der Waals surface area contributed by atoms with Gasteiger partial charge in [-0.25, -0.2) is 0 Å². The van der Waals surface area contributed by atoms with Crippen LogP contribution in [0.2, 0.25) is 0 Å². The fourth-order valence-electron chi connectivity index (χ4n) is 1.78. The van der Waals surface area contributed by atoms with Gasteiger partial charge in [0.05, 0.1) is 13.2 Å². The Hall–Kier alpha value is -1.43. The van der Waals surface area contributed by atoms with Gasteiger partial charge in [0.25, 0.3) is 5.91 Å². The Morgan fingerprint density at radius 1 is 1.53 bits per heavy atom. The van der Waals surface area contributed by atoms with Crippen LogP contribution in [0.3, 0.4) is 0 Å². The molecular weight excluding hydrogens is 220 g/mol. The molecule has 1 atom stereocenters. The highest BCUT2D eigenvalue weighted by Gasteiger charge is 2.17. The molecule has 0 aliphatic carbocycles. The van der Waals surface area contributed by atoms with Crippen LogP contribution in [0, 0.1) is 0 Å². The van der Waals surface area contributed by atoms with Crippen molar-refractivity contribution in [2.75, 3.05) is 19.0 Å². The maximum absolute atomic E-state index is 11.7. The summed E-state index contributed by atoms with van der Waals surface area (Å²) in [4.78, 5) is 11.7. The van der Waals surface area contributed by atoms with Crippen LogP contribution in [0.25, 0.3) is 0 Å². The Bertz CT molecular complexity index is 416. The first-order valence-electron chi connectivity index (χ1n) is 5.48. The SMILES string of the molecule is COC(CN)C(=O)Nc1ccc2c(c1)COC2. The maximum Gasteiger partial charge on any atom is 0.254 e. The standard InChI is InChI=1S/C12H16N2O3/c1-16-11(5-13)12(15)14-10-3-2-8-6-17-7-9(8)4-10/h2-4,11H,5-7,13H2,1H3,(H,14,15). The second kappa shape index (κ2) is 5.27. The summed E-state index contributed by atoms with van der Waals surface area (Å²) in [6, 6.07) is 5.74. The van der Waals surface area contributed by atoms with E-state index in [1.165, 1.54) is 12.7 Å². The van der Waals surface area contributed by atoms with Gasteiger partial charge >= 0.3 is 0 Å². The minimum Gasteiger partial charge on any atom is -0.372 e. The summed E-state index contributed by atoms with van der Waals surface area (Å²) in [5, 5.41) is 2.77. The molecule has 1 heterocycles. The Morgan fingerprint density at radius 2 is 2.29 bits per heavy atom. The molecule has 5 nitrogen and oxygen atoms in total. The Labute approximate surface area is 99.9 Å². The second-order valence-corrected chi connectivity index (χ2v) is 3.93. The average Bonchev–Trinajstić information content (AvgIpc) is 2.77. The van der Waals surface area contributed by atoms with E-state index in [1.807, 2.05) is 18.2 Å². The fourth-order valence-corrected chi connectivity index (χ4v) is 1.78. The normalized spacial score (nSPS) is 15.4. The number of carbonyl (C=O) groups is 1. The van der Waals surface area contributed by atoms with Gasteiger partial charge in [0.15, 0.2) is 0 Å². The number of benzene rings is 1. The molecule has 0 fully saturated rings. The largest absolute Gasteiger partial charge is 0.372 e. The molecule has 2 rings (SSSR count). The minimum absolute atomic E-state index is 0.163. The van der Waals surface area contributed by atoms with Crippen LogP contribution >= 0.6 is 0 Å².